The van der Waals surface area contributed by atoms with Crippen molar-refractivity contribution in [3.8, 4) is 23.0 Å². The van der Waals surface area contributed by atoms with E-state index in [0.29, 0.717) is 35.2 Å². The summed E-state index contributed by atoms with van der Waals surface area (Å²) < 4.78 is 22.2. The molecule has 8 heteroatoms. The van der Waals surface area contributed by atoms with E-state index in [1.54, 1.807) is 19.2 Å². The molecular formula is C27H27ClN2O5. The van der Waals surface area contributed by atoms with Gasteiger partial charge in [0.25, 0.3) is 5.91 Å². The molecule has 0 saturated carbocycles. The van der Waals surface area contributed by atoms with Gasteiger partial charge in [-0.2, -0.15) is 0 Å². The topological polar surface area (TPSA) is 60.5 Å². The Labute approximate surface area is 209 Å². The highest BCUT2D eigenvalue weighted by Gasteiger charge is 2.24. The molecule has 0 atom stereocenters. The van der Waals surface area contributed by atoms with E-state index in [1.807, 2.05) is 47.4 Å². The van der Waals surface area contributed by atoms with Crippen LogP contribution >= 0.6 is 11.6 Å². The summed E-state index contributed by atoms with van der Waals surface area (Å²) in [6.07, 6.45) is 0. The lowest BCUT2D eigenvalue weighted by atomic mass is 10.1. The molecule has 1 saturated heterocycles. The Morgan fingerprint density at radius 1 is 0.943 bits per heavy atom. The average molecular weight is 495 g/mol. The van der Waals surface area contributed by atoms with Crippen molar-refractivity contribution < 1.29 is 23.7 Å². The fourth-order valence-corrected chi connectivity index (χ4v) is 4.52. The Morgan fingerprint density at radius 2 is 1.74 bits per heavy atom. The van der Waals surface area contributed by atoms with E-state index in [2.05, 4.69) is 11.0 Å². The van der Waals surface area contributed by atoms with E-state index in [1.165, 1.54) is 5.56 Å². The van der Waals surface area contributed by atoms with Crippen molar-refractivity contribution in [3.05, 3.63) is 82.4 Å². The van der Waals surface area contributed by atoms with Gasteiger partial charge in [0.05, 0.1) is 12.1 Å². The predicted molar refractivity (Wildman–Crippen MR) is 133 cm³/mol. The number of rotatable bonds is 7. The number of hydrogen-bond donors (Lipinski definition) is 0. The minimum atomic E-state index is 0.00868. The number of carbonyl (C=O) groups excluding carboxylic acids is 1. The van der Waals surface area contributed by atoms with E-state index in [4.69, 9.17) is 30.5 Å². The molecule has 0 N–H and O–H groups in total. The first-order valence-electron chi connectivity index (χ1n) is 11.5. The minimum Gasteiger partial charge on any atom is -0.496 e. The number of hydrogen-bond acceptors (Lipinski definition) is 6. The third-order valence-corrected chi connectivity index (χ3v) is 6.56. The van der Waals surface area contributed by atoms with Crippen LogP contribution in [0.25, 0.3) is 0 Å². The van der Waals surface area contributed by atoms with Gasteiger partial charge in [-0.05, 0) is 48.0 Å². The van der Waals surface area contributed by atoms with Crippen LogP contribution in [0.5, 0.6) is 23.0 Å². The molecule has 0 aromatic heterocycles. The summed E-state index contributed by atoms with van der Waals surface area (Å²) in [5, 5.41) is 0.539. The highest BCUT2D eigenvalue weighted by Crippen LogP contribution is 2.33. The monoisotopic (exact) mass is 494 g/mol. The number of methoxy groups -OCH3 is 1. The van der Waals surface area contributed by atoms with E-state index in [-0.39, 0.29) is 19.3 Å². The number of halogens is 1. The van der Waals surface area contributed by atoms with Crippen molar-refractivity contribution in [2.45, 2.75) is 13.2 Å². The van der Waals surface area contributed by atoms with Crippen molar-refractivity contribution in [3.63, 3.8) is 0 Å². The molecule has 2 aliphatic heterocycles. The van der Waals surface area contributed by atoms with Gasteiger partial charge in [-0.25, -0.2) is 0 Å². The Kier molecular flexibility index (Phi) is 6.97. The fraction of sp³-hybridized carbons (Fsp3) is 0.296. The number of amides is 1. The number of fused-ring (bicyclic) bond motifs is 1. The van der Waals surface area contributed by atoms with E-state index >= 15 is 0 Å². The van der Waals surface area contributed by atoms with Crippen LogP contribution in [0.15, 0.2) is 60.7 Å². The highest BCUT2D eigenvalue weighted by atomic mass is 35.5. The number of para-hydroxylation sites is 1. The molecule has 2 aliphatic rings. The van der Waals surface area contributed by atoms with Crippen molar-refractivity contribution in [1.82, 2.24) is 9.80 Å². The Morgan fingerprint density at radius 3 is 2.54 bits per heavy atom. The molecule has 0 spiro atoms. The number of nitrogens with zero attached hydrogens (tertiary/aromatic N) is 2. The van der Waals surface area contributed by atoms with Gasteiger partial charge in [-0.15, -0.1) is 0 Å². The van der Waals surface area contributed by atoms with E-state index in [9.17, 15) is 4.79 Å². The molecule has 7 nitrogen and oxygen atoms in total. The van der Waals surface area contributed by atoms with Crippen LogP contribution in [0, 0.1) is 0 Å². The van der Waals surface area contributed by atoms with Crippen molar-refractivity contribution in [2.24, 2.45) is 0 Å². The maximum atomic E-state index is 13.2. The smallest absolute Gasteiger partial charge is 0.253 e. The zero-order chi connectivity index (χ0) is 24.2. The van der Waals surface area contributed by atoms with Gasteiger partial charge in [0.15, 0.2) is 11.5 Å². The summed E-state index contributed by atoms with van der Waals surface area (Å²) in [5.41, 5.74) is 2.58. The van der Waals surface area contributed by atoms with Crippen molar-refractivity contribution in [1.29, 1.82) is 0 Å². The molecule has 5 rings (SSSR count). The third-order valence-electron chi connectivity index (χ3n) is 6.25. The summed E-state index contributed by atoms with van der Waals surface area (Å²) in [5.74, 6) is 2.86. The molecule has 0 radical (unpaired) electrons. The molecule has 182 valence electrons. The SMILES string of the molecule is COc1ccc(C(=O)N2CCN(Cc3ccc4c(c3)OCO4)CC2)cc1COc1ccccc1Cl. The first kappa shape index (κ1) is 23.3. The Bertz CT molecular complexity index is 1210. The molecular weight excluding hydrogens is 468 g/mol. The maximum absolute atomic E-state index is 13.2. The quantitative estimate of drug-likeness (QED) is 0.478. The summed E-state index contributed by atoms with van der Waals surface area (Å²) in [6, 6.07) is 18.8. The van der Waals surface area contributed by atoms with Crippen LogP contribution in [0.2, 0.25) is 5.02 Å². The van der Waals surface area contributed by atoms with Gasteiger partial charge in [0, 0.05) is 43.9 Å². The van der Waals surface area contributed by atoms with Crippen LogP contribution in [0.1, 0.15) is 21.5 Å². The molecule has 1 fully saturated rings. The molecule has 35 heavy (non-hydrogen) atoms. The van der Waals surface area contributed by atoms with Gasteiger partial charge in [0.1, 0.15) is 18.1 Å². The molecule has 1 amide bonds. The minimum absolute atomic E-state index is 0.00868. The van der Waals surface area contributed by atoms with Crippen LogP contribution in [0.3, 0.4) is 0 Å². The number of carbonyl (C=O) groups is 1. The summed E-state index contributed by atoms with van der Waals surface area (Å²) >= 11 is 6.20. The Balaban J connectivity index is 1.20. The average Bonchev–Trinajstić information content (AvgIpc) is 3.36. The lowest BCUT2D eigenvalue weighted by Crippen LogP contribution is -2.48. The second-order valence-corrected chi connectivity index (χ2v) is 8.91. The van der Waals surface area contributed by atoms with Gasteiger partial charge >= 0.3 is 0 Å². The van der Waals surface area contributed by atoms with Gasteiger partial charge in [-0.1, -0.05) is 29.8 Å². The van der Waals surface area contributed by atoms with Crippen molar-refractivity contribution in [2.75, 3.05) is 40.1 Å². The van der Waals surface area contributed by atoms with Crippen LogP contribution in [-0.2, 0) is 13.2 Å². The lowest BCUT2D eigenvalue weighted by molar-refractivity contribution is 0.0628. The number of benzene rings is 3. The first-order valence-corrected chi connectivity index (χ1v) is 11.9. The van der Waals surface area contributed by atoms with E-state index < -0.39 is 0 Å². The molecule has 3 aromatic carbocycles. The van der Waals surface area contributed by atoms with E-state index in [0.717, 1.165) is 36.7 Å². The summed E-state index contributed by atoms with van der Waals surface area (Å²) in [7, 11) is 1.61. The fourth-order valence-electron chi connectivity index (χ4n) is 4.33. The lowest BCUT2D eigenvalue weighted by Gasteiger charge is -2.35. The first-order chi connectivity index (χ1) is 17.1. The van der Waals surface area contributed by atoms with Crippen LogP contribution in [0.4, 0.5) is 0 Å². The Hall–Kier alpha value is -3.42. The number of ether oxygens (including phenoxy) is 4. The highest BCUT2D eigenvalue weighted by molar-refractivity contribution is 6.32. The third kappa shape index (κ3) is 5.31. The normalized spacial score (nSPS) is 15.2. The van der Waals surface area contributed by atoms with Crippen LogP contribution < -0.4 is 18.9 Å². The largest absolute Gasteiger partial charge is 0.496 e. The molecule has 2 heterocycles. The van der Waals surface area contributed by atoms with Gasteiger partial charge < -0.3 is 23.8 Å². The molecule has 0 aliphatic carbocycles. The second kappa shape index (κ2) is 10.5. The van der Waals surface area contributed by atoms with Gasteiger partial charge in [0.2, 0.25) is 6.79 Å². The molecule has 0 bridgehead atoms. The predicted octanol–water partition coefficient (Wildman–Crippen LogP) is 4.61. The standard InChI is InChI=1S/C27H27ClN2O5/c1-32-23-9-7-20(15-21(23)17-33-24-5-3-2-4-22(24)28)27(31)30-12-10-29(11-13-30)16-19-6-8-25-26(14-19)35-18-34-25/h2-9,14-15H,10-13,16-18H2,1H3. The van der Waals surface area contributed by atoms with Crippen molar-refractivity contribution >= 4 is 17.5 Å². The van der Waals surface area contributed by atoms with Crippen LogP contribution in [-0.4, -0.2) is 55.8 Å². The number of piperazine rings is 1. The second-order valence-electron chi connectivity index (χ2n) is 8.50. The summed E-state index contributed by atoms with van der Waals surface area (Å²) in [6.45, 7) is 4.28. The zero-order valence-electron chi connectivity index (χ0n) is 19.5. The maximum Gasteiger partial charge on any atom is 0.253 e. The summed E-state index contributed by atoms with van der Waals surface area (Å²) in [4.78, 5) is 17.5. The molecule has 3 aromatic rings. The zero-order valence-corrected chi connectivity index (χ0v) is 20.3. The molecule has 0 unspecified atom stereocenters. The van der Waals surface area contributed by atoms with Gasteiger partial charge in [-0.3, -0.25) is 9.69 Å².